The topological polar surface area (TPSA) is 53.6 Å². The molecule has 2 rings (SSSR count). The van der Waals surface area contributed by atoms with Crippen molar-refractivity contribution < 1.29 is 0 Å². The Morgan fingerprint density at radius 3 is 2.93 bits per heavy atom. The minimum atomic E-state index is -0.174. The van der Waals surface area contributed by atoms with E-state index in [1.807, 2.05) is 11.4 Å². The predicted molar refractivity (Wildman–Crippen MR) is 58.3 cm³/mol. The SMILES string of the molecule is O=c1[nH][nH]c(=S)n1CCc1cccs1. The number of nitrogens with zero attached hydrogens (tertiary/aromatic N) is 1. The first-order chi connectivity index (χ1) is 6.77. The van der Waals surface area contributed by atoms with Crippen LogP contribution in [0.2, 0.25) is 0 Å². The predicted octanol–water partition coefficient (Wildman–Crippen LogP) is 1.54. The Morgan fingerprint density at radius 1 is 1.50 bits per heavy atom. The van der Waals surface area contributed by atoms with Crippen LogP contribution in [0.3, 0.4) is 0 Å². The Kier molecular flexibility index (Phi) is 2.64. The van der Waals surface area contributed by atoms with Crippen molar-refractivity contribution in [2.45, 2.75) is 13.0 Å². The van der Waals surface area contributed by atoms with Crippen LogP contribution < -0.4 is 5.69 Å². The fourth-order valence-electron chi connectivity index (χ4n) is 1.21. The normalized spacial score (nSPS) is 10.6. The summed E-state index contributed by atoms with van der Waals surface area (Å²) in [5.41, 5.74) is -0.174. The number of H-pyrrole nitrogens is 2. The molecule has 0 spiro atoms. The molecule has 0 amide bonds. The Morgan fingerprint density at radius 2 is 2.36 bits per heavy atom. The lowest BCUT2D eigenvalue weighted by Crippen LogP contribution is -2.17. The summed E-state index contributed by atoms with van der Waals surface area (Å²) in [6.45, 7) is 0.623. The second-order valence-electron chi connectivity index (χ2n) is 2.84. The van der Waals surface area contributed by atoms with Gasteiger partial charge in [-0.25, -0.2) is 9.89 Å². The fourth-order valence-corrected chi connectivity index (χ4v) is 2.14. The van der Waals surface area contributed by atoms with Gasteiger partial charge in [0.25, 0.3) is 0 Å². The minimum absolute atomic E-state index is 0.174. The van der Waals surface area contributed by atoms with Crippen molar-refractivity contribution in [3.63, 3.8) is 0 Å². The summed E-state index contributed by atoms with van der Waals surface area (Å²) in [6.07, 6.45) is 0.840. The molecule has 2 N–H and O–H groups in total. The van der Waals surface area contributed by atoms with Gasteiger partial charge in [0.1, 0.15) is 0 Å². The number of thiophene rings is 1. The van der Waals surface area contributed by atoms with Gasteiger partial charge in [0, 0.05) is 11.4 Å². The molecule has 0 saturated carbocycles. The van der Waals surface area contributed by atoms with Crippen LogP contribution in [0.25, 0.3) is 0 Å². The number of aryl methyl sites for hydroxylation is 1. The number of hydrogen-bond acceptors (Lipinski definition) is 3. The molecular formula is C8H9N3OS2. The quantitative estimate of drug-likeness (QED) is 0.781. The lowest BCUT2D eigenvalue weighted by Gasteiger charge is -1.97. The van der Waals surface area contributed by atoms with Crippen LogP contribution >= 0.6 is 23.6 Å². The molecule has 4 nitrogen and oxygen atoms in total. The molecule has 0 aliphatic rings. The number of rotatable bonds is 3. The van der Waals surface area contributed by atoms with E-state index in [-0.39, 0.29) is 5.69 Å². The van der Waals surface area contributed by atoms with Crippen molar-refractivity contribution in [1.29, 1.82) is 0 Å². The van der Waals surface area contributed by atoms with Crippen LogP contribution in [0.5, 0.6) is 0 Å². The van der Waals surface area contributed by atoms with Gasteiger partial charge in [-0.05, 0) is 30.1 Å². The van der Waals surface area contributed by atoms with Gasteiger partial charge in [0.15, 0.2) is 4.77 Å². The average molecular weight is 227 g/mol. The maximum atomic E-state index is 11.2. The van der Waals surface area contributed by atoms with E-state index < -0.39 is 0 Å². The second-order valence-corrected chi connectivity index (χ2v) is 4.26. The molecule has 2 aromatic rings. The molecule has 0 bridgehead atoms. The molecule has 0 saturated heterocycles. The molecule has 2 aromatic heterocycles. The van der Waals surface area contributed by atoms with Crippen molar-refractivity contribution in [1.82, 2.24) is 14.8 Å². The van der Waals surface area contributed by atoms with Crippen molar-refractivity contribution in [2.75, 3.05) is 0 Å². The van der Waals surface area contributed by atoms with Gasteiger partial charge in [0.05, 0.1) is 0 Å². The molecule has 0 atom stereocenters. The van der Waals surface area contributed by atoms with Gasteiger partial charge >= 0.3 is 5.69 Å². The minimum Gasteiger partial charge on any atom is -0.272 e. The Hall–Kier alpha value is -1.14. The fraction of sp³-hybridized carbons (Fsp3) is 0.250. The third kappa shape index (κ3) is 1.85. The van der Waals surface area contributed by atoms with Crippen LogP contribution in [-0.2, 0) is 13.0 Å². The highest BCUT2D eigenvalue weighted by molar-refractivity contribution is 7.71. The lowest BCUT2D eigenvalue weighted by molar-refractivity contribution is 0.668. The third-order valence-corrected chi connectivity index (χ3v) is 3.19. The Bertz CT molecular complexity index is 478. The van der Waals surface area contributed by atoms with Crippen LogP contribution in [0.15, 0.2) is 22.3 Å². The summed E-state index contributed by atoms with van der Waals surface area (Å²) in [6, 6.07) is 4.05. The molecule has 0 aliphatic carbocycles. The van der Waals surface area contributed by atoms with Crippen LogP contribution in [-0.4, -0.2) is 14.8 Å². The highest BCUT2D eigenvalue weighted by Crippen LogP contribution is 2.09. The average Bonchev–Trinajstić information content (AvgIpc) is 2.76. The highest BCUT2D eigenvalue weighted by Gasteiger charge is 2.00. The van der Waals surface area contributed by atoms with Crippen molar-refractivity contribution in [2.24, 2.45) is 0 Å². The van der Waals surface area contributed by atoms with Gasteiger partial charge < -0.3 is 0 Å². The van der Waals surface area contributed by atoms with Gasteiger partial charge in [-0.1, -0.05) is 6.07 Å². The van der Waals surface area contributed by atoms with Gasteiger partial charge in [-0.15, -0.1) is 11.3 Å². The van der Waals surface area contributed by atoms with E-state index in [1.165, 1.54) is 9.44 Å². The second kappa shape index (κ2) is 3.93. The Labute approximate surface area is 89.2 Å². The largest absolute Gasteiger partial charge is 0.342 e. The monoisotopic (exact) mass is 227 g/mol. The molecule has 0 aromatic carbocycles. The number of nitrogens with one attached hydrogen (secondary N) is 2. The van der Waals surface area contributed by atoms with E-state index in [9.17, 15) is 4.79 Å². The molecule has 0 aliphatic heterocycles. The maximum absolute atomic E-state index is 11.2. The van der Waals surface area contributed by atoms with Crippen molar-refractivity contribution >= 4 is 23.6 Å². The number of aromatic amines is 2. The summed E-state index contributed by atoms with van der Waals surface area (Å²) in [4.78, 5) is 12.5. The molecule has 74 valence electrons. The summed E-state index contributed by atoms with van der Waals surface area (Å²) < 4.78 is 1.97. The number of aromatic nitrogens is 3. The molecule has 0 fully saturated rings. The molecular weight excluding hydrogens is 218 g/mol. The van der Waals surface area contributed by atoms with E-state index >= 15 is 0 Å². The maximum Gasteiger partial charge on any atom is 0.342 e. The van der Waals surface area contributed by atoms with Gasteiger partial charge in [0.2, 0.25) is 0 Å². The van der Waals surface area contributed by atoms with E-state index in [0.29, 0.717) is 11.3 Å². The molecule has 0 radical (unpaired) electrons. The lowest BCUT2D eigenvalue weighted by atomic mass is 10.3. The van der Waals surface area contributed by atoms with Crippen LogP contribution in [0.1, 0.15) is 4.88 Å². The first-order valence-corrected chi connectivity index (χ1v) is 5.46. The summed E-state index contributed by atoms with van der Waals surface area (Å²) in [7, 11) is 0. The van der Waals surface area contributed by atoms with E-state index in [0.717, 1.165) is 6.42 Å². The van der Waals surface area contributed by atoms with E-state index in [2.05, 4.69) is 16.3 Å². The Balaban J connectivity index is 2.13. The van der Waals surface area contributed by atoms with Gasteiger partial charge in [-0.3, -0.25) is 9.67 Å². The number of hydrogen-bond donors (Lipinski definition) is 2. The highest BCUT2D eigenvalue weighted by atomic mass is 32.1. The molecule has 14 heavy (non-hydrogen) atoms. The zero-order valence-corrected chi connectivity index (χ0v) is 8.95. The van der Waals surface area contributed by atoms with Gasteiger partial charge in [-0.2, -0.15) is 0 Å². The molecule has 2 heterocycles. The smallest absolute Gasteiger partial charge is 0.272 e. The summed E-state index contributed by atoms with van der Waals surface area (Å²) >= 11 is 6.63. The summed E-state index contributed by atoms with van der Waals surface area (Å²) in [5, 5.41) is 7.08. The zero-order valence-electron chi connectivity index (χ0n) is 7.32. The van der Waals surface area contributed by atoms with Crippen LogP contribution in [0, 0.1) is 4.77 Å². The third-order valence-electron chi connectivity index (χ3n) is 1.93. The van der Waals surface area contributed by atoms with Crippen LogP contribution in [0.4, 0.5) is 0 Å². The first-order valence-electron chi connectivity index (χ1n) is 4.17. The van der Waals surface area contributed by atoms with Crippen molar-refractivity contribution in [3.8, 4) is 0 Å². The summed E-state index contributed by atoms with van der Waals surface area (Å²) in [5.74, 6) is 0. The van der Waals surface area contributed by atoms with E-state index in [1.54, 1.807) is 11.3 Å². The molecule has 6 heteroatoms. The van der Waals surface area contributed by atoms with E-state index in [4.69, 9.17) is 12.2 Å². The zero-order chi connectivity index (χ0) is 9.97. The standard InChI is InChI=1S/C8H9N3OS2/c12-7-9-10-8(13)11(7)4-3-6-2-1-5-14-6/h1-2,5H,3-4H2,(H,9,12)(H,10,13). The first kappa shape index (κ1) is 9.42. The van der Waals surface area contributed by atoms with Crippen molar-refractivity contribution in [3.05, 3.63) is 37.6 Å². The molecule has 0 unspecified atom stereocenters.